The van der Waals surface area contributed by atoms with Gasteiger partial charge in [-0.3, -0.25) is 4.57 Å². The molecule has 1 aliphatic carbocycles. The zero-order valence-electron chi connectivity index (χ0n) is 9.68. The Hall–Kier alpha value is 0.175. The second-order valence-corrected chi connectivity index (χ2v) is 6.40. The molecule has 0 aromatic rings. The number of rotatable bonds is 4. The van der Waals surface area contributed by atoms with E-state index < -0.39 is 7.60 Å². The maximum absolute atomic E-state index is 11.2. The van der Waals surface area contributed by atoms with Gasteiger partial charge in [-0.15, -0.1) is 0 Å². The van der Waals surface area contributed by atoms with E-state index >= 15 is 0 Å². The smallest absolute Gasteiger partial charge is 0.325 e. The van der Waals surface area contributed by atoms with Crippen molar-refractivity contribution in [2.75, 3.05) is 20.4 Å². The molecule has 1 saturated carbocycles. The fourth-order valence-corrected chi connectivity index (χ4v) is 2.94. The van der Waals surface area contributed by atoms with Crippen molar-refractivity contribution in [3.8, 4) is 0 Å². The first-order valence-electron chi connectivity index (χ1n) is 5.40. The summed E-state index contributed by atoms with van der Waals surface area (Å²) in [6.07, 6.45) is 2.88. The van der Waals surface area contributed by atoms with Gasteiger partial charge in [0.05, 0.1) is 12.7 Å². The van der Waals surface area contributed by atoms with Crippen LogP contribution in [0.3, 0.4) is 0 Å². The van der Waals surface area contributed by atoms with Gasteiger partial charge in [-0.2, -0.15) is 0 Å². The molecule has 3 unspecified atom stereocenters. The molecule has 0 aliphatic heterocycles. The molecule has 0 heterocycles. The summed E-state index contributed by atoms with van der Waals surface area (Å²) in [4.78, 5) is 9.23. The van der Waals surface area contributed by atoms with Gasteiger partial charge in [-0.1, -0.05) is 12.2 Å². The molecule has 1 fully saturated rings. The molecule has 1 rings (SSSR count). The highest BCUT2D eigenvalue weighted by Gasteiger charge is 2.32. The van der Waals surface area contributed by atoms with Gasteiger partial charge in [0.1, 0.15) is 7.85 Å². The van der Waals surface area contributed by atoms with Crippen molar-refractivity contribution in [1.29, 1.82) is 0 Å². The molecular formula is C9H20BO4P. The third-order valence-corrected chi connectivity index (χ3v) is 3.56. The molecule has 1 N–H and O–H groups in total. The fraction of sp³-hybridized carbons (Fsp3) is 1.00. The molecular weight excluding hydrogens is 214 g/mol. The Kier molecular flexibility index (Phi) is 4.84. The van der Waals surface area contributed by atoms with Gasteiger partial charge in [0.15, 0.2) is 0 Å². The molecule has 0 radical (unpaired) electrons. The second-order valence-electron chi connectivity index (χ2n) is 4.58. The summed E-state index contributed by atoms with van der Waals surface area (Å²) in [5.41, 5.74) is 0. The van der Waals surface area contributed by atoms with Gasteiger partial charge in [0, 0.05) is 19.7 Å². The first kappa shape index (κ1) is 13.2. The molecule has 15 heavy (non-hydrogen) atoms. The van der Waals surface area contributed by atoms with Crippen molar-refractivity contribution in [1.82, 2.24) is 0 Å². The predicted molar refractivity (Wildman–Crippen MR) is 62.1 cm³/mol. The summed E-state index contributed by atoms with van der Waals surface area (Å²) >= 11 is 0. The van der Waals surface area contributed by atoms with Crippen molar-refractivity contribution in [3.05, 3.63) is 0 Å². The van der Waals surface area contributed by atoms with E-state index in [1.54, 1.807) is 7.11 Å². The lowest BCUT2D eigenvalue weighted by Gasteiger charge is -2.34. The topological polar surface area (TPSA) is 55.8 Å². The van der Waals surface area contributed by atoms with Crippen molar-refractivity contribution in [2.45, 2.75) is 31.2 Å². The van der Waals surface area contributed by atoms with Crippen LogP contribution in [-0.2, 0) is 13.8 Å². The van der Waals surface area contributed by atoms with E-state index in [9.17, 15) is 9.46 Å². The Morgan fingerprint density at radius 1 is 1.53 bits per heavy atom. The quantitative estimate of drug-likeness (QED) is 0.583. The lowest BCUT2D eigenvalue weighted by molar-refractivity contribution is 0.0313. The summed E-state index contributed by atoms with van der Waals surface area (Å²) in [5, 5.41) is 0. The molecule has 4 atom stereocenters. The highest BCUT2D eigenvalue weighted by molar-refractivity contribution is 7.51. The second kappa shape index (κ2) is 5.49. The minimum atomic E-state index is -3.38. The van der Waals surface area contributed by atoms with E-state index in [-0.39, 0.29) is 12.0 Å². The standard InChI is InChI=1S/C9H20BO4P/c1-13-6-7-3-4-8(10)5-9(7)14-15(2,11)12/h7-9H,3-6,10H2,1-2H3,(H,11,12)/t7?,8-,9?/m0/s1. The van der Waals surface area contributed by atoms with Crippen LogP contribution in [0.2, 0.25) is 5.82 Å². The number of ether oxygens (including phenoxy) is 1. The first-order valence-corrected chi connectivity index (χ1v) is 7.42. The lowest BCUT2D eigenvalue weighted by Crippen LogP contribution is -2.32. The monoisotopic (exact) mass is 234 g/mol. The molecule has 88 valence electrons. The summed E-state index contributed by atoms with van der Waals surface area (Å²) in [6, 6.07) is 0. The molecule has 6 heteroatoms. The number of hydrogen-bond acceptors (Lipinski definition) is 3. The Bertz CT molecular complexity index is 242. The van der Waals surface area contributed by atoms with Crippen LogP contribution in [0.5, 0.6) is 0 Å². The van der Waals surface area contributed by atoms with Crippen LogP contribution in [0.15, 0.2) is 0 Å². The van der Waals surface area contributed by atoms with Crippen LogP contribution in [0.25, 0.3) is 0 Å². The molecule has 0 aromatic carbocycles. The first-order chi connectivity index (χ1) is 6.92. The average Bonchev–Trinajstić information content (AvgIpc) is 2.07. The summed E-state index contributed by atoms with van der Waals surface area (Å²) in [5.74, 6) is 0.821. The van der Waals surface area contributed by atoms with E-state index in [2.05, 4.69) is 7.85 Å². The Morgan fingerprint density at radius 3 is 2.73 bits per heavy atom. The summed E-state index contributed by atoms with van der Waals surface area (Å²) in [7, 11) is 0.425. The number of hydrogen-bond donors (Lipinski definition) is 1. The van der Waals surface area contributed by atoms with Crippen LogP contribution in [0.4, 0.5) is 0 Å². The normalized spacial score (nSPS) is 36.1. The van der Waals surface area contributed by atoms with Gasteiger partial charge in [-0.05, 0) is 12.8 Å². The lowest BCUT2D eigenvalue weighted by atomic mass is 9.71. The summed E-state index contributed by atoms with van der Waals surface area (Å²) < 4.78 is 21.6. The highest BCUT2D eigenvalue weighted by atomic mass is 31.2. The van der Waals surface area contributed by atoms with Crippen LogP contribution in [0.1, 0.15) is 19.3 Å². The van der Waals surface area contributed by atoms with Gasteiger partial charge in [-0.25, -0.2) is 0 Å². The average molecular weight is 234 g/mol. The largest absolute Gasteiger partial charge is 0.384 e. The van der Waals surface area contributed by atoms with Crippen LogP contribution in [0, 0.1) is 5.92 Å². The van der Waals surface area contributed by atoms with Crippen molar-refractivity contribution < 1.29 is 18.7 Å². The van der Waals surface area contributed by atoms with Crippen LogP contribution >= 0.6 is 7.60 Å². The van der Waals surface area contributed by atoms with Gasteiger partial charge in [0.2, 0.25) is 0 Å². The molecule has 1 aliphatic rings. The minimum absolute atomic E-state index is 0.130. The van der Waals surface area contributed by atoms with Crippen LogP contribution < -0.4 is 0 Å². The molecule has 0 saturated heterocycles. The Morgan fingerprint density at radius 2 is 2.20 bits per heavy atom. The molecule has 0 amide bonds. The van der Waals surface area contributed by atoms with Gasteiger partial charge in [0.25, 0.3) is 0 Å². The van der Waals surface area contributed by atoms with Crippen molar-refractivity contribution >= 4 is 15.4 Å². The third-order valence-electron chi connectivity index (χ3n) is 2.90. The zero-order chi connectivity index (χ0) is 11.5. The summed E-state index contributed by atoms with van der Waals surface area (Å²) in [6.45, 7) is 1.85. The van der Waals surface area contributed by atoms with Crippen molar-refractivity contribution in [3.63, 3.8) is 0 Å². The van der Waals surface area contributed by atoms with E-state index in [0.717, 1.165) is 19.3 Å². The molecule has 0 spiro atoms. The van der Waals surface area contributed by atoms with Crippen LogP contribution in [-0.4, -0.2) is 39.2 Å². The van der Waals surface area contributed by atoms with E-state index in [4.69, 9.17) is 9.26 Å². The van der Waals surface area contributed by atoms with Gasteiger partial charge >= 0.3 is 7.60 Å². The predicted octanol–water partition coefficient (Wildman–Crippen LogP) is 1.05. The van der Waals surface area contributed by atoms with E-state index in [0.29, 0.717) is 12.4 Å². The molecule has 0 bridgehead atoms. The van der Waals surface area contributed by atoms with Crippen molar-refractivity contribution in [2.24, 2.45) is 5.92 Å². The molecule has 4 nitrogen and oxygen atoms in total. The maximum atomic E-state index is 11.2. The SMILES string of the molecule is B[C@H]1CCC(COC)C(OP(C)(=O)O)C1. The Labute approximate surface area is 92.3 Å². The van der Waals surface area contributed by atoms with E-state index in [1.165, 1.54) is 6.66 Å². The Balaban J connectivity index is 2.57. The maximum Gasteiger partial charge on any atom is 0.325 e. The minimum Gasteiger partial charge on any atom is -0.384 e. The fourth-order valence-electron chi connectivity index (χ4n) is 2.18. The molecule has 0 aromatic heterocycles. The zero-order valence-corrected chi connectivity index (χ0v) is 10.6. The highest BCUT2D eigenvalue weighted by Crippen LogP contribution is 2.44. The number of methoxy groups -OCH3 is 1. The third kappa shape index (κ3) is 4.69. The van der Waals surface area contributed by atoms with E-state index in [1.807, 2.05) is 0 Å². The van der Waals surface area contributed by atoms with Gasteiger partial charge < -0.3 is 14.2 Å².